The Hall–Kier alpha value is -2.16. The van der Waals surface area contributed by atoms with Crippen molar-refractivity contribution < 1.29 is 34.6 Å². The van der Waals surface area contributed by atoms with Crippen LogP contribution in [0.3, 0.4) is 0 Å². The normalized spacial score (nSPS) is 28.1. The van der Waals surface area contributed by atoms with Gasteiger partial charge in [0.25, 0.3) is 0 Å². The van der Waals surface area contributed by atoms with E-state index in [0.29, 0.717) is 13.0 Å². The zero-order valence-electron chi connectivity index (χ0n) is 17.1. The summed E-state index contributed by atoms with van der Waals surface area (Å²) >= 11 is 0. The Kier molecular flexibility index (Phi) is 5.99. The van der Waals surface area contributed by atoms with E-state index < -0.39 is 37.1 Å². The monoisotopic (exact) mass is 416 g/mol. The highest BCUT2D eigenvalue weighted by atomic mass is 16.5. The highest BCUT2D eigenvalue weighted by molar-refractivity contribution is 5.54. The molecule has 5 atom stereocenters. The first-order chi connectivity index (χ1) is 14.4. The molecule has 1 saturated heterocycles. The van der Waals surface area contributed by atoms with Crippen LogP contribution in [0.25, 0.3) is 0 Å². The Morgan fingerprint density at radius 2 is 1.80 bits per heavy atom. The van der Waals surface area contributed by atoms with Crippen LogP contribution >= 0.6 is 0 Å². The van der Waals surface area contributed by atoms with Gasteiger partial charge in [0.2, 0.25) is 0 Å². The van der Waals surface area contributed by atoms with Crippen LogP contribution in [0.1, 0.15) is 33.9 Å². The second-order valence-corrected chi connectivity index (χ2v) is 7.93. The summed E-state index contributed by atoms with van der Waals surface area (Å²) in [5.41, 5.74) is 4.78. The molecule has 2 heterocycles. The van der Waals surface area contributed by atoms with Crippen LogP contribution in [-0.4, -0.2) is 65.2 Å². The fourth-order valence-electron chi connectivity index (χ4n) is 4.38. The molecule has 2 aliphatic heterocycles. The standard InChI is InChI=1S/C23H28O7/c1-12-16-7-8-29-22(16)14(9-13-3-5-15(28-2)6-4-13)10-17(12)23-21(27)20(26)19(25)18(11-24)30-23/h3-6,10,18-21,23-27H,7-9,11H2,1-2H3/t18-,19?,20?,21?,23+/m1/s1. The highest BCUT2D eigenvalue weighted by Gasteiger charge is 2.45. The van der Waals surface area contributed by atoms with Crippen molar-refractivity contribution in [2.75, 3.05) is 20.3 Å². The van der Waals surface area contributed by atoms with Crippen molar-refractivity contribution >= 4 is 0 Å². The van der Waals surface area contributed by atoms with Crippen molar-refractivity contribution in [1.29, 1.82) is 0 Å². The first-order valence-electron chi connectivity index (χ1n) is 10.2. The molecule has 2 aromatic rings. The molecule has 30 heavy (non-hydrogen) atoms. The number of aliphatic hydroxyl groups excluding tert-OH is 4. The highest BCUT2D eigenvalue weighted by Crippen LogP contribution is 2.41. The molecule has 2 aromatic carbocycles. The number of fused-ring (bicyclic) bond motifs is 1. The predicted octanol–water partition coefficient (Wildman–Crippen LogP) is 1.04. The lowest BCUT2D eigenvalue weighted by atomic mass is 9.85. The Morgan fingerprint density at radius 3 is 2.47 bits per heavy atom. The molecule has 7 nitrogen and oxygen atoms in total. The maximum Gasteiger partial charge on any atom is 0.126 e. The van der Waals surface area contributed by atoms with Gasteiger partial charge < -0.3 is 34.6 Å². The van der Waals surface area contributed by atoms with E-state index >= 15 is 0 Å². The molecule has 0 radical (unpaired) electrons. The summed E-state index contributed by atoms with van der Waals surface area (Å²) in [5.74, 6) is 1.64. The predicted molar refractivity (Wildman–Crippen MR) is 109 cm³/mol. The van der Waals surface area contributed by atoms with Crippen molar-refractivity contribution in [3.8, 4) is 11.5 Å². The van der Waals surface area contributed by atoms with E-state index in [0.717, 1.165) is 45.7 Å². The van der Waals surface area contributed by atoms with E-state index in [-0.39, 0.29) is 0 Å². The second kappa shape index (κ2) is 8.53. The number of hydrogen-bond acceptors (Lipinski definition) is 7. The van der Waals surface area contributed by atoms with Crippen LogP contribution < -0.4 is 9.47 Å². The van der Waals surface area contributed by atoms with Gasteiger partial charge in [0.1, 0.15) is 42.0 Å². The van der Waals surface area contributed by atoms with Crippen LogP contribution in [0.15, 0.2) is 30.3 Å². The number of methoxy groups -OCH3 is 1. The number of ether oxygens (including phenoxy) is 3. The summed E-state index contributed by atoms with van der Waals surface area (Å²) in [6, 6.07) is 9.74. The van der Waals surface area contributed by atoms with Crippen LogP contribution in [0.2, 0.25) is 0 Å². The molecule has 3 unspecified atom stereocenters. The van der Waals surface area contributed by atoms with E-state index in [1.165, 1.54) is 0 Å². The van der Waals surface area contributed by atoms with Gasteiger partial charge in [-0.3, -0.25) is 0 Å². The van der Waals surface area contributed by atoms with E-state index in [2.05, 4.69) is 0 Å². The average molecular weight is 416 g/mol. The van der Waals surface area contributed by atoms with Gasteiger partial charge in [0, 0.05) is 18.4 Å². The molecule has 4 rings (SSSR count). The fraction of sp³-hybridized carbons (Fsp3) is 0.478. The molecule has 0 aromatic heterocycles. The molecule has 0 aliphatic carbocycles. The fourth-order valence-corrected chi connectivity index (χ4v) is 4.38. The SMILES string of the molecule is COc1ccc(Cc2cc([C@@H]3O[C@H](CO)C(O)C(O)C3O)c(C)c3c2OCC3)cc1. The van der Waals surface area contributed by atoms with E-state index in [4.69, 9.17) is 14.2 Å². The molecular weight excluding hydrogens is 388 g/mol. The van der Waals surface area contributed by atoms with Gasteiger partial charge in [-0.25, -0.2) is 0 Å². The van der Waals surface area contributed by atoms with E-state index in [1.54, 1.807) is 7.11 Å². The minimum Gasteiger partial charge on any atom is -0.497 e. The number of benzene rings is 2. The molecule has 1 fully saturated rings. The Bertz CT molecular complexity index is 893. The molecular formula is C23H28O7. The maximum atomic E-state index is 10.6. The molecule has 0 amide bonds. The first kappa shape index (κ1) is 21.1. The van der Waals surface area contributed by atoms with Crippen molar-refractivity contribution in [2.45, 2.75) is 50.3 Å². The Morgan fingerprint density at radius 1 is 1.07 bits per heavy atom. The molecule has 7 heteroatoms. The van der Waals surface area contributed by atoms with Crippen molar-refractivity contribution in [1.82, 2.24) is 0 Å². The summed E-state index contributed by atoms with van der Waals surface area (Å²) in [5, 5.41) is 40.5. The van der Waals surface area contributed by atoms with Gasteiger partial charge in [0.15, 0.2) is 0 Å². The molecule has 0 saturated carbocycles. The summed E-state index contributed by atoms with van der Waals surface area (Å²) in [6.07, 6.45) is -4.52. The Labute approximate surface area is 175 Å². The van der Waals surface area contributed by atoms with Gasteiger partial charge in [-0.1, -0.05) is 12.1 Å². The number of rotatable bonds is 5. The van der Waals surface area contributed by atoms with Gasteiger partial charge in [0.05, 0.1) is 20.3 Å². The van der Waals surface area contributed by atoms with Gasteiger partial charge in [-0.2, -0.15) is 0 Å². The van der Waals surface area contributed by atoms with Crippen LogP contribution in [0.4, 0.5) is 0 Å². The topological polar surface area (TPSA) is 109 Å². The van der Waals surface area contributed by atoms with Crippen molar-refractivity contribution in [3.05, 3.63) is 58.1 Å². The third kappa shape index (κ3) is 3.68. The van der Waals surface area contributed by atoms with Crippen molar-refractivity contribution in [3.63, 3.8) is 0 Å². The van der Waals surface area contributed by atoms with Gasteiger partial charge in [-0.15, -0.1) is 0 Å². The average Bonchev–Trinajstić information content (AvgIpc) is 3.26. The van der Waals surface area contributed by atoms with Crippen LogP contribution in [-0.2, 0) is 17.6 Å². The summed E-state index contributed by atoms with van der Waals surface area (Å²) in [4.78, 5) is 0. The second-order valence-electron chi connectivity index (χ2n) is 7.93. The minimum atomic E-state index is -1.41. The lowest BCUT2D eigenvalue weighted by molar-refractivity contribution is -0.231. The molecule has 0 bridgehead atoms. The van der Waals surface area contributed by atoms with Crippen molar-refractivity contribution in [2.24, 2.45) is 0 Å². The molecule has 4 N–H and O–H groups in total. The quantitative estimate of drug-likeness (QED) is 0.577. The first-order valence-corrected chi connectivity index (χ1v) is 10.2. The smallest absolute Gasteiger partial charge is 0.126 e. The summed E-state index contributed by atoms with van der Waals surface area (Å²) in [6.45, 7) is 2.08. The third-order valence-electron chi connectivity index (χ3n) is 6.13. The van der Waals surface area contributed by atoms with Crippen LogP contribution in [0.5, 0.6) is 11.5 Å². The minimum absolute atomic E-state index is 0.451. The molecule has 162 valence electrons. The van der Waals surface area contributed by atoms with E-state index in [9.17, 15) is 20.4 Å². The van der Waals surface area contributed by atoms with E-state index in [1.807, 2.05) is 37.3 Å². The van der Waals surface area contributed by atoms with Crippen LogP contribution in [0, 0.1) is 6.92 Å². The number of aliphatic hydroxyl groups is 4. The zero-order chi connectivity index (χ0) is 21.4. The molecule has 0 spiro atoms. The van der Waals surface area contributed by atoms with Gasteiger partial charge in [-0.05, 0) is 47.4 Å². The summed E-state index contributed by atoms with van der Waals surface area (Å²) < 4.78 is 17.0. The zero-order valence-corrected chi connectivity index (χ0v) is 17.1. The third-order valence-corrected chi connectivity index (χ3v) is 6.13. The largest absolute Gasteiger partial charge is 0.497 e. The molecule has 2 aliphatic rings. The lowest BCUT2D eigenvalue weighted by Crippen LogP contribution is -2.55. The summed E-state index contributed by atoms with van der Waals surface area (Å²) in [7, 11) is 1.63. The Balaban J connectivity index is 1.72. The van der Waals surface area contributed by atoms with Gasteiger partial charge >= 0.3 is 0 Å². The number of hydrogen-bond donors (Lipinski definition) is 4. The lowest BCUT2D eigenvalue weighted by Gasteiger charge is -2.41. The maximum absolute atomic E-state index is 10.6.